The van der Waals surface area contributed by atoms with Crippen LogP contribution in [0.4, 0.5) is 30.2 Å². The first kappa shape index (κ1) is 21.9. The zero-order chi connectivity index (χ0) is 21.9. The van der Waals surface area contributed by atoms with Gasteiger partial charge in [-0.25, -0.2) is 0 Å². The van der Waals surface area contributed by atoms with Crippen molar-refractivity contribution in [3.05, 3.63) is 61.7 Å². The minimum absolute atomic E-state index is 0.0575. The van der Waals surface area contributed by atoms with Crippen LogP contribution < -0.4 is 9.64 Å². The zero-order valence-electron chi connectivity index (χ0n) is 15.8. The summed E-state index contributed by atoms with van der Waals surface area (Å²) in [4.78, 5) is 22.4. The second-order valence-electron chi connectivity index (χ2n) is 6.07. The van der Waals surface area contributed by atoms with Crippen LogP contribution in [0.1, 0.15) is 25.0 Å². The summed E-state index contributed by atoms with van der Waals surface area (Å²) in [5, 5.41) is 23.3. The second-order valence-corrected chi connectivity index (χ2v) is 6.07. The zero-order valence-corrected chi connectivity index (χ0v) is 15.8. The highest BCUT2D eigenvalue weighted by Gasteiger charge is 2.45. The van der Waals surface area contributed by atoms with E-state index >= 15 is 0 Å². The van der Waals surface area contributed by atoms with E-state index in [-0.39, 0.29) is 24.9 Å². The number of anilines is 1. The molecule has 11 heteroatoms. The Bertz CT molecular complexity index is 943. The molecule has 0 aliphatic rings. The van der Waals surface area contributed by atoms with Crippen molar-refractivity contribution in [3.63, 3.8) is 0 Å². The number of nitro groups is 2. The number of benzene rings is 2. The van der Waals surface area contributed by atoms with Crippen LogP contribution in [-0.2, 0) is 6.18 Å². The summed E-state index contributed by atoms with van der Waals surface area (Å²) in [6.45, 7) is 5.04. The van der Waals surface area contributed by atoms with Gasteiger partial charge in [-0.1, -0.05) is 12.1 Å². The lowest BCUT2D eigenvalue weighted by Gasteiger charge is -2.23. The first-order chi connectivity index (χ1) is 13.5. The summed E-state index contributed by atoms with van der Waals surface area (Å²) in [7, 11) is 0. The lowest BCUT2D eigenvalue weighted by molar-refractivity contribution is -0.393. The third-order valence-corrected chi connectivity index (χ3v) is 4.18. The normalized spacial score (nSPS) is 11.2. The van der Waals surface area contributed by atoms with Crippen LogP contribution in [0.3, 0.4) is 0 Å². The van der Waals surface area contributed by atoms with E-state index in [0.717, 1.165) is 0 Å². The molecule has 0 fully saturated rings. The molecule has 2 aromatic carbocycles. The minimum atomic E-state index is -5.11. The van der Waals surface area contributed by atoms with Crippen LogP contribution in [0.2, 0.25) is 0 Å². The standard InChI is InChI=1S/C18H18F3N3O5/c1-4-22(5-2)15-14(23(25)26)10-13(18(19,20)21)17(16(15)24(27)28)29-12-8-6-7-11(3)9-12/h6-10H,4-5H2,1-3H3. The van der Waals surface area contributed by atoms with Crippen molar-refractivity contribution in [2.24, 2.45) is 0 Å². The highest BCUT2D eigenvalue weighted by atomic mass is 19.4. The number of alkyl halides is 3. The SMILES string of the molecule is CCN(CC)c1c([N+](=O)[O-])cc(C(F)(F)F)c(Oc2cccc(C)c2)c1[N+](=O)[O-]. The summed E-state index contributed by atoms with van der Waals surface area (Å²) in [5.74, 6) is -1.14. The van der Waals surface area contributed by atoms with Gasteiger partial charge in [0.25, 0.3) is 0 Å². The van der Waals surface area contributed by atoms with E-state index in [4.69, 9.17) is 4.74 Å². The molecule has 8 nitrogen and oxygen atoms in total. The van der Waals surface area contributed by atoms with E-state index in [1.807, 2.05) is 0 Å². The van der Waals surface area contributed by atoms with Gasteiger partial charge in [-0.2, -0.15) is 13.2 Å². The van der Waals surface area contributed by atoms with Crippen LogP contribution in [0.25, 0.3) is 0 Å². The topological polar surface area (TPSA) is 98.8 Å². The van der Waals surface area contributed by atoms with Crippen LogP contribution in [0.5, 0.6) is 11.5 Å². The van der Waals surface area contributed by atoms with Crippen LogP contribution >= 0.6 is 0 Å². The first-order valence-corrected chi connectivity index (χ1v) is 8.57. The number of nitro benzene ring substituents is 2. The molecular weight excluding hydrogens is 395 g/mol. The fourth-order valence-electron chi connectivity index (χ4n) is 2.90. The van der Waals surface area contributed by atoms with Crippen LogP contribution in [0.15, 0.2) is 30.3 Å². The summed E-state index contributed by atoms with van der Waals surface area (Å²) in [6.07, 6.45) is -5.11. The molecular formula is C18H18F3N3O5. The Labute approximate surface area is 163 Å². The Kier molecular flexibility index (Phi) is 6.30. The Morgan fingerprint density at radius 3 is 2.14 bits per heavy atom. The van der Waals surface area contributed by atoms with E-state index in [1.54, 1.807) is 26.8 Å². The number of hydrogen-bond acceptors (Lipinski definition) is 6. The fraction of sp³-hybridized carbons (Fsp3) is 0.333. The van der Waals surface area contributed by atoms with Gasteiger partial charge in [0.1, 0.15) is 11.3 Å². The largest absolute Gasteiger partial charge is 0.449 e. The molecule has 0 saturated heterocycles. The fourth-order valence-corrected chi connectivity index (χ4v) is 2.90. The Balaban J connectivity index is 2.95. The van der Waals surface area contributed by atoms with Crippen LogP contribution in [0, 0.1) is 27.2 Å². The van der Waals surface area contributed by atoms with E-state index in [0.29, 0.717) is 5.56 Å². The maximum atomic E-state index is 13.7. The molecule has 29 heavy (non-hydrogen) atoms. The summed E-state index contributed by atoms with van der Waals surface area (Å²) >= 11 is 0. The minimum Gasteiger partial charge on any atom is -0.449 e. The molecule has 0 saturated carbocycles. The lowest BCUT2D eigenvalue weighted by atomic mass is 10.1. The quantitative estimate of drug-likeness (QED) is 0.441. The van der Waals surface area contributed by atoms with Crippen molar-refractivity contribution >= 4 is 17.1 Å². The van der Waals surface area contributed by atoms with Crippen molar-refractivity contribution in [3.8, 4) is 11.5 Å². The maximum absolute atomic E-state index is 13.7. The number of rotatable bonds is 7. The summed E-state index contributed by atoms with van der Waals surface area (Å²) in [5.41, 5.74) is -3.57. The molecule has 0 N–H and O–H groups in total. The van der Waals surface area contributed by atoms with Gasteiger partial charge in [-0.05, 0) is 38.5 Å². The molecule has 0 unspecified atom stereocenters. The third kappa shape index (κ3) is 4.55. The van der Waals surface area contributed by atoms with Crippen molar-refractivity contribution in [1.29, 1.82) is 0 Å². The average molecular weight is 413 g/mol. The van der Waals surface area contributed by atoms with Gasteiger partial charge < -0.3 is 9.64 Å². The average Bonchev–Trinajstić information content (AvgIpc) is 2.61. The summed E-state index contributed by atoms with van der Waals surface area (Å²) in [6, 6.07) is 6.22. The Morgan fingerprint density at radius 2 is 1.69 bits per heavy atom. The van der Waals surface area contributed by atoms with Gasteiger partial charge in [0.15, 0.2) is 5.69 Å². The first-order valence-electron chi connectivity index (χ1n) is 8.57. The monoisotopic (exact) mass is 413 g/mol. The molecule has 0 atom stereocenters. The third-order valence-electron chi connectivity index (χ3n) is 4.18. The Morgan fingerprint density at radius 1 is 1.07 bits per heavy atom. The molecule has 0 heterocycles. The molecule has 2 rings (SSSR count). The maximum Gasteiger partial charge on any atom is 0.420 e. The summed E-state index contributed by atoms with van der Waals surface area (Å²) < 4.78 is 46.3. The molecule has 0 bridgehead atoms. The molecule has 0 amide bonds. The van der Waals surface area contributed by atoms with Crippen molar-refractivity contribution in [2.45, 2.75) is 26.9 Å². The predicted molar refractivity (Wildman–Crippen MR) is 99.6 cm³/mol. The number of aryl methyl sites for hydroxylation is 1. The predicted octanol–water partition coefficient (Wildman–Crippen LogP) is 5.47. The van der Waals surface area contributed by atoms with Gasteiger partial charge in [0.05, 0.1) is 9.85 Å². The highest BCUT2D eigenvalue weighted by molar-refractivity contribution is 5.82. The van der Waals surface area contributed by atoms with Crippen molar-refractivity contribution in [2.75, 3.05) is 18.0 Å². The second kappa shape index (κ2) is 8.33. The molecule has 0 spiro atoms. The number of nitrogens with zero attached hydrogens (tertiary/aromatic N) is 3. The van der Waals surface area contributed by atoms with Gasteiger partial charge >= 0.3 is 17.6 Å². The Hall–Kier alpha value is -3.37. The lowest BCUT2D eigenvalue weighted by Crippen LogP contribution is -2.25. The molecule has 0 radical (unpaired) electrons. The van der Waals surface area contributed by atoms with E-state index in [2.05, 4.69) is 0 Å². The molecule has 0 aromatic heterocycles. The molecule has 156 valence electrons. The van der Waals surface area contributed by atoms with E-state index in [9.17, 15) is 33.4 Å². The number of halogens is 3. The van der Waals surface area contributed by atoms with Gasteiger partial charge in [-0.15, -0.1) is 0 Å². The van der Waals surface area contributed by atoms with Gasteiger partial charge in [0, 0.05) is 19.2 Å². The van der Waals surface area contributed by atoms with Crippen LogP contribution in [-0.4, -0.2) is 22.9 Å². The molecule has 2 aromatic rings. The van der Waals surface area contributed by atoms with Crippen molar-refractivity contribution < 1.29 is 27.8 Å². The molecule has 0 aliphatic carbocycles. The number of hydrogen-bond donors (Lipinski definition) is 0. The smallest absolute Gasteiger partial charge is 0.420 e. The molecule has 0 aliphatic heterocycles. The number of ether oxygens (including phenoxy) is 1. The van der Waals surface area contributed by atoms with E-state index in [1.165, 1.54) is 23.1 Å². The van der Waals surface area contributed by atoms with Gasteiger partial charge in [-0.3, -0.25) is 20.2 Å². The highest BCUT2D eigenvalue weighted by Crippen LogP contribution is 2.52. The van der Waals surface area contributed by atoms with Crippen molar-refractivity contribution in [1.82, 2.24) is 0 Å². The van der Waals surface area contributed by atoms with E-state index < -0.39 is 44.4 Å². The van der Waals surface area contributed by atoms with Gasteiger partial charge in [0.2, 0.25) is 5.75 Å².